The van der Waals surface area contributed by atoms with Crippen LogP contribution in [0.4, 0.5) is 5.69 Å². The van der Waals surface area contributed by atoms with Crippen molar-refractivity contribution >= 4 is 28.4 Å². The summed E-state index contributed by atoms with van der Waals surface area (Å²) in [4.78, 5) is 33.4. The van der Waals surface area contributed by atoms with Crippen molar-refractivity contribution in [3.8, 4) is 11.3 Å². The van der Waals surface area contributed by atoms with Crippen LogP contribution in [0.5, 0.6) is 0 Å². The lowest BCUT2D eigenvalue weighted by Crippen LogP contribution is -2.41. The van der Waals surface area contributed by atoms with E-state index in [0.29, 0.717) is 43.1 Å². The number of aryl methyl sites for hydroxylation is 2. The lowest BCUT2D eigenvalue weighted by atomic mass is 9.99. The number of aromatic nitrogens is 1. The minimum Gasteiger partial charge on any atom is -0.378 e. The molecule has 0 radical (unpaired) electrons. The molecule has 0 atom stereocenters. The number of para-hydroxylation sites is 2. The maximum absolute atomic E-state index is 13.6. The van der Waals surface area contributed by atoms with Crippen LogP contribution in [0.1, 0.15) is 31.8 Å². The second-order valence-electron chi connectivity index (χ2n) is 8.79. The first-order chi connectivity index (χ1) is 17.0. The zero-order chi connectivity index (χ0) is 24.4. The molecule has 0 unspecified atom stereocenters. The number of ether oxygens (including phenoxy) is 1. The molecule has 176 valence electrons. The molecule has 3 aromatic carbocycles. The van der Waals surface area contributed by atoms with E-state index in [4.69, 9.17) is 9.72 Å². The average Bonchev–Trinajstić information content (AvgIpc) is 2.88. The zero-order valence-electron chi connectivity index (χ0n) is 19.9. The Morgan fingerprint density at radius 3 is 2.43 bits per heavy atom. The second kappa shape index (κ2) is 9.68. The van der Waals surface area contributed by atoms with Gasteiger partial charge in [0.25, 0.3) is 11.8 Å². The number of hydrogen-bond donors (Lipinski definition) is 1. The Morgan fingerprint density at radius 2 is 1.63 bits per heavy atom. The van der Waals surface area contributed by atoms with E-state index < -0.39 is 0 Å². The molecule has 0 aliphatic carbocycles. The zero-order valence-corrected chi connectivity index (χ0v) is 19.9. The van der Waals surface area contributed by atoms with E-state index in [1.54, 1.807) is 17.0 Å². The monoisotopic (exact) mass is 465 g/mol. The van der Waals surface area contributed by atoms with E-state index >= 15 is 0 Å². The number of morpholine rings is 1. The number of amides is 2. The number of fused-ring (bicyclic) bond motifs is 1. The maximum Gasteiger partial charge on any atom is 0.256 e. The Bertz CT molecular complexity index is 1420. The van der Waals surface area contributed by atoms with Gasteiger partial charge in [0, 0.05) is 24.0 Å². The molecule has 1 aliphatic heterocycles. The van der Waals surface area contributed by atoms with E-state index in [2.05, 4.69) is 18.3 Å². The minimum atomic E-state index is -0.281. The maximum atomic E-state index is 13.6. The summed E-state index contributed by atoms with van der Waals surface area (Å²) in [5.41, 5.74) is 6.21. The third kappa shape index (κ3) is 4.66. The van der Waals surface area contributed by atoms with Gasteiger partial charge in [0.1, 0.15) is 0 Å². The van der Waals surface area contributed by atoms with Crippen molar-refractivity contribution in [3.63, 3.8) is 0 Å². The normalized spacial score (nSPS) is 13.6. The largest absolute Gasteiger partial charge is 0.378 e. The topological polar surface area (TPSA) is 71.5 Å². The minimum absolute atomic E-state index is 0.111. The van der Waals surface area contributed by atoms with Gasteiger partial charge >= 0.3 is 0 Å². The van der Waals surface area contributed by atoms with Crippen LogP contribution in [-0.2, 0) is 4.74 Å². The van der Waals surface area contributed by atoms with E-state index in [1.165, 1.54) is 5.56 Å². The van der Waals surface area contributed by atoms with Crippen molar-refractivity contribution in [1.82, 2.24) is 9.88 Å². The number of pyridine rings is 1. The SMILES string of the molecule is Cc1ccc(-c2cc(C(=O)Nc3ccccc3C(=O)N3CCOCC3)c3ccccc3n2)c(C)c1. The van der Waals surface area contributed by atoms with Crippen molar-refractivity contribution in [2.24, 2.45) is 0 Å². The summed E-state index contributed by atoms with van der Waals surface area (Å²) in [6.45, 7) is 6.21. The molecule has 2 heterocycles. The predicted molar refractivity (Wildman–Crippen MR) is 138 cm³/mol. The van der Waals surface area contributed by atoms with Crippen LogP contribution in [0.25, 0.3) is 22.2 Å². The number of anilines is 1. The van der Waals surface area contributed by atoms with Gasteiger partial charge in [0.2, 0.25) is 0 Å². The van der Waals surface area contributed by atoms with Gasteiger partial charge in [-0.05, 0) is 43.7 Å². The Labute approximate surface area is 204 Å². The molecule has 1 aliphatic rings. The third-order valence-corrected chi connectivity index (χ3v) is 6.32. The fourth-order valence-corrected chi connectivity index (χ4v) is 4.51. The Morgan fingerprint density at radius 1 is 0.886 bits per heavy atom. The highest BCUT2D eigenvalue weighted by Crippen LogP contribution is 2.29. The van der Waals surface area contributed by atoms with Crippen molar-refractivity contribution in [3.05, 3.63) is 95.1 Å². The highest BCUT2D eigenvalue weighted by molar-refractivity contribution is 6.15. The van der Waals surface area contributed by atoms with E-state index in [0.717, 1.165) is 27.7 Å². The van der Waals surface area contributed by atoms with Crippen LogP contribution in [0.15, 0.2) is 72.8 Å². The number of nitrogens with zero attached hydrogens (tertiary/aromatic N) is 2. The van der Waals surface area contributed by atoms with Gasteiger partial charge < -0.3 is 15.0 Å². The highest BCUT2D eigenvalue weighted by atomic mass is 16.5. The first-order valence-electron chi connectivity index (χ1n) is 11.8. The molecule has 0 bridgehead atoms. The van der Waals surface area contributed by atoms with Gasteiger partial charge in [0.15, 0.2) is 0 Å². The summed E-state index contributed by atoms with van der Waals surface area (Å²) in [7, 11) is 0. The highest BCUT2D eigenvalue weighted by Gasteiger charge is 2.22. The number of carbonyl (C=O) groups is 2. The van der Waals surface area contributed by atoms with Crippen molar-refractivity contribution in [2.75, 3.05) is 31.6 Å². The smallest absolute Gasteiger partial charge is 0.256 e. The Kier molecular flexibility index (Phi) is 6.29. The third-order valence-electron chi connectivity index (χ3n) is 6.32. The van der Waals surface area contributed by atoms with Crippen molar-refractivity contribution < 1.29 is 14.3 Å². The van der Waals surface area contributed by atoms with Crippen molar-refractivity contribution in [2.45, 2.75) is 13.8 Å². The van der Waals surface area contributed by atoms with Gasteiger partial charge in [-0.15, -0.1) is 0 Å². The van der Waals surface area contributed by atoms with Crippen molar-refractivity contribution in [1.29, 1.82) is 0 Å². The summed E-state index contributed by atoms with van der Waals surface area (Å²) in [6.07, 6.45) is 0. The standard InChI is InChI=1S/C29H27N3O3/c1-19-11-12-21(20(2)17-19)27-18-24(22-7-3-5-9-25(22)30-27)28(33)31-26-10-6-4-8-23(26)29(34)32-13-15-35-16-14-32/h3-12,17-18H,13-16H2,1-2H3,(H,31,33). The van der Waals surface area contributed by atoms with Crippen LogP contribution in [0, 0.1) is 13.8 Å². The molecule has 4 aromatic rings. The number of nitrogens with one attached hydrogen (secondary N) is 1. The van der Waals surface area contributed by atoms with E-state index in [1.807, 2.05) is 61.5 Å². The van der Waals surface area contributed by atoms with Crippen LogP contribution in [-0.4, -0.2) is 48.0 Å². The second-order valence-corrected chi connectivity index (χ2v) is 8.79. The molecule has 1 aromatic heterocycles. The van der Waals surface area contributed by atoms with Gasteiger partial charge in [0.05, 0.1) is 41.2 Å². The van der Waals surface area contributed by atoms with Gasteiger partial charge in [-0.25, -0.2) is 4.98 Å². The molecule has 6 heteroatoms. The van der Waals surface area contributed by atoms with Gasteiger partial charge in [-0.3, -0.25) is 9.59 Å². The summed E-state index contributed by atoms with van der Waals surface area (Å²) in [5.74, 6) is -0.392. The first kappa shape index (κ1) is 22.7. The fourth-order valence-electron chi connectivity index (χ4n) is 4.51. The van der Waals surface area contributed by atoms with Crippen LogP contribution in [0.3, 0.4) is 0 Å². The molecule has 35 heavy (non-hydrogen) atoms. The Balaban J connectivity index is 1.53. The first-order valence-corrected chi connectivity index (χ1v) is 11.8. The molecule has 2 amide bonds. The molecule has 6 nitrogen and oxygen atoms in total. The lowest BCUT2D eigenvalue weighted by Gasteiger charge is -2.27. The molecule has 1 N–H and O–H groups in total. The summed E-state index contributed by atoms with van der Waals surface area (Å²) in [5, 5.41) is 3.76. The predicted octanol–water partition coefficient (Wildman–Crippen LogP) is 5.24. The molecule has 1 fully saturated rings. The number of carbonyl (C=O) groups excluding carboxylic acids is 2. The van der Waals surface area contributed by atoms with E-state index in [-0.39, 0.29) is 11.8 Å². The Hall–Kier alpha value is -4.03. The summed E-state index contributed by atoms with van der Waals surface area (Å²) >= 11 is 0. The number of rotatable bonds is 4. The number of benzene rings is 3. The average molecular weight is 466 g/mol. The van der Waals surface area contributed by atoms with Gasteiger partial charge in [-0.2, -0.15) is 0 Å². The molecular formula is C29H27N3O3. The molecule has 5 rings (SSSR count). The summed E-state index contributed by atoms with van der Waals surface area (Å²) in [6, 6.07) is 22.8. The molecule has 0 spiro atoms. The van der Waals surface area contributed by atoms with Crippen LogP contribution < -0.4 is 5.32 Å². The summed E-state index contributed by atoms with van der Waals surface area (Å²) < 4.78 is 5.37. The van der Waals surface area contributed by atoms with Crippen LogP contribution >= 0.6 is 0 Å². The number of hydrogen-bond acceptors (Lipinski definition) is 4. The van der Waals surface area contributed by atoms with Gasteiger partial charge in [-0.1, -0.05) is 54.1 Å². The molecule has 0 saturated carbocycles. The quantitative estimate of drug-likeness (QED) is 0.447. The van der Waals surface area contributed by atoms with Crippen LogP contribution in [0.2, 0.25) is 0 Å². The molecular weight excluding hydrogens is 438 g/mol. The fraction of sp³-hybridized carbons (Fsp3) is 0.207. The lowest BCUT2D eigenvalue weighted by molar-refractivity contribution is 0.0303. The molecule has 1 saturated heterocycles. The van der Waals surface area contributed by atoms with E-state index in [9.17, 15) is 9.59 Å².